The molecule has 112 valence electrons. The maximum atomic E-state index is 10.9. The van der Waals surface area contributed by atoms with Gasteiger partial charge in [-0.1, -0.05) is 39.0 Å². The van der Waals surface area contributed by atoms with E-state index in [0.717, 1.165) is 16.9 Å². The van der Waals surface area contributed by atoms with Crippen molar-refractivity contribution in [1.29, 1.82) is 0 Å². The van der Waals surface area contributed by atoms with E-state index in [9.17, 15) is 4.79 Å². The van der Waals surface area contributed by atoms with Gasteiger partial charge in [-0.25, -0.2) is 4.79 Å². The lowest BCUT2D eigenvalue weighted by Gasteiger charge is -2.22. The number of aromatic carboxylic acids is 1. The lowest BCUT2D eigenvalue weighted by molar-refractivity contribution is 0.0661. The van der Waals surface area contributed by atoms with Crippen LogP contribution in [0, 0.1) is 6.92 Å². The molecule has 1 heterocycles. The first kappa shape index (κ1) is 15.2. The monoisotopic (exact) mass is 288 g/mol. The second kappa shape index (κ2) is 5.64. The molecule has 2 aromatic rings. The minimum absolute atomic E-state index is 0.0196. The molecular formula is C17H20O4. The molecule has 21 heavy (non-hydrogen) atoms. The van der Waals surface area contributed by atoms with Gasteiger partial charge in [0.25, 0.3) is 0 Å². The van der Waals surface area contributed by atoms with Gasteiger partial charge in [0.05, 0.1) is 0 Å². The SMILES string of the molecule is Cc1oc(C(=O)O)cc1COc1ccccc1C(C)(C)C. The highest BCUT2D eigenvalue weighted by molar-refractivity contribution is 5.84. The van der Waals surface area contributed by atoms with E-state index in [1.165, 1.54) is 6.07 Å². The molecule has 0 saturated carbocycles. The molecule has 4 nitrogen and oxygen atoms in total. The third-order valence-corrected chi connectivity index (χ3v) is 3.31. The molecular weight excluding hydrogens is 268 g/mol. The number of rotatable bonds is 4. The van der Waals surface area contributed by atoms with Crippen molar-refractivity contribution in [2.45, 2.75) is 39.7 Å². The van der Waals surface area contributed by atoms with Crippen molar-refractivity contribution in [3.8, 4) is 5.75 Å². The first-order chi connectivity index (χ1) is 9.79. The van der Waals surface area contributed by atoms with Crippen LogP contribution in [0.4, 0.5) is 0 Å². The first-order valence-corrected chi connectivity index (χ1v) is 6.84. The number of benzene rings is 1. The number of ether oxygens (including phenoxy) is 1. The molecule has 1 aromatic heterocycles. The number of hydrogen-bond donors (Lipinski definition) is 1. The van der Waals surface area contributed by atoms with Gasteiger partial charge in [-0.2, -0.15) is 0 Å². The van der Waals surface area contributed by atoms with E-state index in [-0.39, 0.29) is 17.8 Å². The maximum absolute atomic E-state index is 10.9. The summed E-state index contributed by atoms with van der Waals surface area (Å²) in [5.41, 5.74) is 1.84. The molecule has 0 bridgehead atoms. The van der Waals surface area contributed by atoms with Crippen molar-refractivity contribution in [3.05, 3.63) is 53.0 Å². The summed E-state index contributed by atoms with van der Waals surface area (Å²) in [6.45, 7) is 8.40. The van der Waals surface area contributed by atoms with E-state index in [1.54, 1.807) is 6.92 Å². The van der Waals surface area contributed by atoms with Crippen molar-refractivity contribution in [1.82, 2.24) is 0 Å². The van der Waals surface area contributed by atoms with E-state index in [0.29, 0.717) is 5.76 Å². The van der Waals surface area contributed by atoms with Gasteiger partial charge in [-0.05, 0) is 30.0 Å². The Hall–Kier alpha value is -2.23. The van der Waals surface area contributed by atoms with Crippen LogP contribution in [0.5, 0.6) is 5.75 Å². The fraction of sp³-hybridized carbons (Fsp3) is 0.353. The molecule has 0 fully saturated rings. The number of carboxylic acids is 1. The van der Waals surface area contributed by atoms with E-state index < -0.39 is 5.97 Å². The van der Waals surface area contributed by atoms with Gasteiger partial charge in [0.15, 0.2) is 0 Å². The highest BCUT2D eigenvalue weighted by atomic mass is 16.5. The number of carboxylic acid groups (broad SMARTS) is 1. The van der Waals surface area contributed by atoms with Crippen LogP contribution in [0.1, 0.15) is 48.2 Å². The van der Waals surface area contributed by atoms with Crippen LogP contribution in [0.3, 0.4) is 0 Å². The number of furan rings is 1. The van der Waals surface area contributed by atoms with Crippen molar-refractivity contribution >= 4 is 5.97 Å². The Balaban J connectivity index is 2.19. The zero-order valence-corrected chi connectivity index (χ0v) is 12.8. The average Bonchev–Trinajstić information content (AvgIpc) is 2.77. The highest BCUT2D eigenvalue weighted by Crippen LogP contribution is 2.31. The summed E-state index contributed by atoms with van der Waals surface area (Å²) < 4.78 is 11.1. The molecule has 0 aliphatic heterocycles. The molecule has 0 unspecified atom stereocenters. The predicted octanol–water partition coefficient (Wildman–Crippen LogP) is 4.16. The fourth-order valence-corrected chi connectivity index (χ4v) is 2.14. The molecule has 1 N–H and O–H groups in total. The maximum Gasteiger partial charge on any atom is 0.371 e. The van der Waals surface area contributed by atoms with Crippen LogP contribution < -0.4 is 4.74 Å². The number of para-hydroxylation sites is 1. The van der Waals surface area contributed by atoms with E-state index >= 15 is 0 Å². The first-order valence-electron chi connectivity index (χ1n) is 6.84. The lowest BCUT2D eigenvalue weighted by atomic mass is 9.86. The minimum Gasteiger partial charge on any atom is -0.488 e. The predicted molar refractivity (Wildman–Crippen MR) is 79.9 cm³/mol. The van der Waals surface area contributed by atoms with E-state index in [1.807, 2.05) is 24.3 Å². The minimum atomic E-state index is -1.07. The molecule has 1 aromatic carbocycles. The van der Waals surface area contributed by atoms with Crippen molar-refractivity contribution in [3.63, 3.8) is 0 Å². The fourth-order valence-electron chi connectivity index (χ4n) is 2.14. The quantitative estimate of drug-likeness (QED) is 0.917. The molecule has 0 atom stereocenters. The van der Waals surface area contributed by atoms with Gasteiger partial charge < -0.3 is 14.3 Å². The van der Waals surface area contributed by atoms with Crippen LogP contribution in [-0.2, 0) is 12.0 Å². The lowest BCUT2D eigenvalue weighted by Crippen LogP contribution is -2.13. The van der Waals surface area contributed by atoms with Crippen LogP contribution in [0.2, 0.25) is 0 Å². The summed E-state index contributed by atoms with van der Waals surface area (Å²) in [4.78, 5) is 10.9. The van der Waals surface area contributed by atoms with Crippen LogP contribution in [-0.4, -0.2) is 11.1 Å². The summed E-state index contributed by atoms with van der Waals surface area (Å²) in [5, 5.41) is 8.92. The second-order valence-corrected chi connectivity index (χ2v) is 6.03. The molecule has 0 radical (unpaired) electrons. The number of hydrogen-bond acceptors (Lipinski definition) is 3. The Morgan fingerprint density at radius 3 is 2.52 bits per heavy atom. The summed E-state index contributed by atoms with van der Waals surface area (Å²) in [6, 6.07) is 9.39. The van der Waals surface area contributed by atoms with Crippen molar-refractivity contribution in [2.75, 3.05) is 0 Å². The van der Waals surface area contributed by atoms with Gasteiger partial charge in [-0.15, -0.1) is 0 Å². The zero-order chi connectivity index (χ0) is 15.6. The third-order valence-electron chi connectivity index (χ3n) is 3.31. The standard InChI is InChI=1S/C17H20O4/c1-11-12(9-15(21-11)16(18)19)10-20-14-8-6-5-7-13(14)17(2,3)4/h5-9H,10H2,1-4H3,(H,18,19). The normalized spacial score (nSPS) is 11.4. The molecule has 0 saturated heterocycles. The Morgan fingerprint density at radius 1 is 1.29 bits per heavy atom. The van der Waals surface area contributed by atoms with Crippen molar-refractivity contribution < 1.29 is 19.1 Å². The second-order valence-electron chi connectivity index (χ2n) is 6.03. The van der Waals surface area contributed by atoms with Crippen LogP contribution in [0.15, 0.2) is 34.7 Å². The molecule has 0 aliphatic carbocycles. The van der Waals surface area contributed by atoms with Gasteiger partial charge in [0.2, 0.25) is 5.76 Å². The Morgan fingerprint density at radius 2 is 1.95 bits per heavy atom. The van der Waals surface area contributed by atoms with Gasteiger partial charge in [-0.3, -0.25) is 0 Å². The summed E-state index contributed by atoms with van der Waals surface area (Å²) >= 11 is 0. The number of carbonyl (C=O) groups is 1. The topological polar surface area (TPSA) is 59.7 Å². The van der Waals surface area contributed by atoms with Gasteiger partial charge in [0.1, 0.15) is 18.1 Å². The van der Waals surface area contributed by atoms with E-state index in [4.69, 9.17) is 14.3 Å². The van der Waals surface area contributed by atoms with Crippen LogP contribution in [0.25, 0.3) is 0 Å². The van der Waals surface area contributed by atoms with Gasteiger partial charge in [0, 0.05) is 5.56 Å². The summed E-state index contributed by atoms with van der Waals surface area (Å²) in [7, 11) is 0. The largest absolute Gasteiger partial charge is 0.488 e. The summed E-state index contributed by atoms with van der Waals surface area (Å²) in [5.74, 6) is 0.248. The van der Waals surface area contributed by atoms with Gasteiger partial charge >= 0.3 is 5.97 Å². The number of aryl methyl sites for hydroxylation is 1. The molecule has 0 amide bonds. The Kier molecular flexibility index (Phi) is 4.07. The van der Waals surface area contributed by atoms with Crippen LogP contribution >= 0.6 is 0 Å². The highest BCUT2D eigenvalue weighted by Gasteiger charge is 2.19. The molecule has 0 spiro atoms. The Labute approximate surface area is 124 Å². The molecule has 2 rings (SSSR count). The average molecular weight is 288 g/mol. The van der Waals surface area contributed by atoms with E-state index in [2.05, 4.69) is 20.8 Å². The Bertz CT molecular complexity index is 647. The zero-order valence-electron chi connectivity index (χ0n) is 12.8. The molecule has 4 heteroatoms. The summed E-state index contributed by atoms with van der Waals surface area (Å²) in [6.07, 6.45) is 0. The van der Waals surface area contributed by atoms with Crippen molar-refractivity contribution in [2.24, 2.45) is 0 Å². The molecule has 0 aliphatic rings. The third kappa shape index (κ3) is 3.45. The smallest absolute Gasteiger partial charge is 0.371 e.